The van der Waals surface area contributed by atoms with Gasteiger partial charge in [0.05, 0.1) is 0 Å². The van der Waals surface area contributed by atoms with E-state index in [4.69, 9.17) is 4.74 Å². The highest BCUT2D eigenvalue weighted by Gasteiger charge is 2.05. The van der Waals surface area contributed by atoms with Crippen LogP contribution in [0.5, 0.6) is 11.5 Å². The number of halogens is 2. The van der Waals surface area contributed by atoms with Gasteiger partial charge in [-0.3, -0.25) is 0 Å². The smallest absolute Gasteiger partial charge is 0.129 e. The van der Waals surface area contributed by atoms with Gasteiger partial charge in [0.15, 0.2) is 0 Å². The lowest BCUT2D eigenvalue weighted by molar-refractivity contribution is 0.300. The molecule has 0 unspecified atom stereocenters. The molecular formula is C17H12BrFO2. The lowest BCUT2D eigenvalue weighted by Crippen LogP contribution is -1.98. The molecule has 0 aliphatic carbocycles. The van der Waals surface area contributed by atoms with Gasteiger partial charge in [-0.15, -0.1) is 0 Å². The van der Waals surface area contributed by atoms with Gasteiger partial charge < -0.3 is 9.84 Å². The molecule has 0 fully saturated rings. The summed E-state index contributed by atoms with van der Waals surface area (Å²) in [6.45, 7) is 0.148. The number of ether oxygens (including phenoxy) is 1. The monoisotopic (exact) mass is 346 g/mol. The van der Waals surface area contributed by atoms with E-state index in [1.54, 1.807) is 24.3 Å². The van der Waals surface area contributed by atoms with Crippen LogP contribution >= 0.6 is 15.9 Å². The zero-order valence-corrected chi connectivity index (χ0v) is 12.6. The van der Waals surface area contributed by atoms with Gasteiger partial charge in [-0.25, -0.2) is 4.39 Å². The van der Waals surface area contributed by atoms with E-state index in [1.165, 1.54) is 6.07 Å². The largest absolute Gasteiger partial charge is 0.508 e. The van der Waals surface area contributed by atoms with Crippen LogP contribution in [0.25, 0.3) is 10.8 Å². The predicted molar refractivity (Wildman–Crippen MR) is 84.0 cm³/mol. The van der Waals surface area contributed by atoms with Crippen molar-refractivity contribution in [2.45, 2.75) is 6.61 Å². The molecule has 0 saturated heterocycles. The fraction of sp³-hybridized carbons (Fsp3) is 0.0588. The number of fused-ring (bicyclic) bond motifs is 1. The molecule has 1 N–H and O–H groups in total. The molecule has 0 amide bonds. The summed E-state index contributed by atoms with van der Waals surface area (Å²) in [5.41, 5.74) is 0.486. The molecule has 3 aromatic carbocycles. The van der Waals surface area contributed by atoms with E-state index >= 15 is 0 Å². The molecule has 3 aromatic rings. The SMILES string of the molecule is Oc1ccc2ccc(OCc3cc(Br)ccc3F)cc2c1. The minimum absolute atomic E-state index is 0.148. The number of phenols is 1. The number of hydrogen-bond acceptors (Lipinski definition) is 2. The minimum atomic E-state index is -0.295. The number of hydrogen-bond donors (Lipinski definition) is 1. The molecule has 0 aromatic heterocycles. The summed E-state index contributed by atoms with van der Waals surface area (Å²) in [4.78, 5) is 0. The first-order valence-corrected chi connectivity index (χ1v) is 7.21. The molecule has 106 valence electrons. The Morgan fingerprint density at radius 3 is 2.62 bits per heavy atom. The predicted octanol–water partition coefficient (Wildman–Crippen LogP) is 5.03. The second kappa shape index (κ2) is 5.74. The van der Waals surface area contributed by atoms with Crippen molar-refractivity contribution in [1.82, 2.24) is 0 Å². The van der Waals surface area contributed by atoms with Crippen molar-refractivity contribution in [1.29, 1.82) is 0 Å². The molecule has 2 nitrogen and oxygen atoms in total. The van der Waals surface area contributed by atoms with Crippen molar-refractivity contribution in [3.05, 3.63) is 70.5 Å². The molecular weight excluding hydrogens is 335 g/mol. The Hall–Kier alpha value is -2.07. The first kappa shape index (κ1) is 13.9. The van der Waals surface area contributed by atoms with E-state index in [-0.39, 0.29) is 18.2 Å². The first-order chi connectivity index (χ1) is 10.1. The molecule has 0 saturated carbocycles. The molecule has 0 atom stereocenters. The fourth-order valence-corrected chi connectivity index (χ4v) is 2.53. The zero-order valence-electron chi connectivity index (χ0n) is 11.0. The van der Waals surface area contributed by atoms with E-state index < -0.39 is 0 Å². The molecule has 0 heterocycles. The van der Waals surface area contributed by atoms with Crippen LogP contribution in [0, 0.1) is 5.82 Å². The normalized spacial score (nSPS) is 10.8. The quantitative estimate of drug-likeness (QED) is 0.720. The van der Waals surface area contributed by atoms with Crippen LogP contribution in [-0.4, -0.2) is 5.11 Å². The summed E-state index contributed by atoms with van der Waals surface area (Å²) in [5, 5.41) is 11.4. The van der Waals surface area contributed by atoms with Crippen molar-refractivity contribution in [3.63, 3.8) is 0 Å². The van der Waals surface area contributed by atoms with Crippen LogP contribution in [0.15, 0.2) is 59.1 Å². The fourth-order valence-electron chi connectivity index (χ4n) is 2.12. The maximum absolute atomic E-state index is 13.6. The Bertz CT molecular complexity index is 802. The molecule has 3 rings (SSSR count). The standard InChI is InChI=1S/C17H12BrFO2/c18-14-3-6-17(19)13(7-14)10-21-16-5-2-11-1-4-15(20)8-12(11)9-16/h1-9,20H,10H2. The van der Waals surface area contributed by atoms with E-state index in [1.807, 2.05) is 24.3 Å². The molecule has 0 aliphatic heterocycles. The third kappa shape index (κ3) is 3.16. The Morgan fingerprint density at radius 2 is 1.76 bits per heavy atom. The summed E-state index contributed by atoms with van der Waals surface area (Å²) in [6, 6.07) is 15.5. The highest BCUT2D eigenvalue weighted by atomic mass is 79.9. The van der Waals surface area contributed by atoms with Gasteiger partial charge in [0, 0.05) is 10.0 Å². The van der Waals surface area contributed by atoms with Crippen LogP contribution in [0.3, 0.4) is 0 Å². The molecule has 21 heavy (non-hydrogen) atoms. The second-order valence-corrected chi connectivity index (χ2v) is 5.63. The second-order valence-electron chi connectivity index (χ2n) is 4.72. The molecule has 4 heteroatoms. The van der Waals surface area contributed by atoms with Gasteiger partial charge in [-0.1, -0.05) is 28.1 Å². The van der Waals surface area contributed by atoms with Gasteiger partial charge in [0.1, 0.15) is 23.9 Å². The van der Waals surface area contributed by atoms with Gasteiger partial charge in [-0.05, 0) is 53.2 Å². The summed E-state index contributed by atoms with van der Waals surface area (Å²) >= 11 is 3.31. The highest BCUT2D eigenvalue weighted by molar-refractivity contribution is 9.10. The Labute approximate surface area is 129 Å². The number of aromatic hydroxyl groups is 1. The third-order valence-electron chi connectivity index (χ3n) is 3.20. The van der Waals surface area contributed by atoms with E-state index in [9.17, 15) is 9.50 Å². The van der Waals surface area contributed by atoms with E-state index in [0.717, 1.165) is 15.2 Å². The molecule has 0 spiro atoms. The Kier molecular flexibility index (Phi) is 3.80. The van der Waals surface area contributed by atoms with Crippen molar-refractivity contribution in [3.8, 4) is 11.5 Å². The highest BCUT2D eigenvalue weighted by Crippen LogP contribution is 2.25. The maximum atomic E-state index is 13.6. The topological polar surface area (TPSA) is 29.5 Å². The maximum Gasteiger partial charge on any atom is 0.129 e. The molecule has 0 radical (unpaired) electrons. The van der Waals surface area contributed by atoms with Gasteiger partial charge in [0.2, 0.25) is 0 Å². The van der Waals surface area contributed by atoms with Gasteiger partial charge >= 0.3 is 0 Å². The average molecular weight is 347 g/mol. The summed E-state index contributed by atoms with van der Waals surface area (Å²) in [6.07, 6.45) is 0. The Balaban J connectivity index is 1.83. The van der Waals surface area contributed by atoms with Crippen molar-refractivity contribution >= 4 is 26.7 Å². The zero-order chi connectivity index (χ0) is 14.8. The van der Waals surface area contributed by atoms with E-state index in [2.05, 4.69) is 15.9 Å². The van der Waals surface area contributed by atoms with Crippen LogP contribution in [-0.2, 0) is 6.61 Å². The molecule has 0 aliphatic rings. The lowest BCUT2D eigenvalue weighted by atomic mass is 10.1. The number of rotatable bonds is 3. The van der Waals surface area contributed by atoms with E-state index in [0.29, 0.717) is 11.3 Å². The van der Waals surface area contributed by atoms with Gasteiger partial charge in [-0.2, -0.15) is 0 Å². The first-order valence-electron chi connectivity index (χ1n) is 6.41. The lowest BCUT2D eigenvalue weighted by Gasteiger charge is -2.09. The summed E-state index contributed by atoms with van der Waals surface area (Å²) < 4.78 is 20.1. The number of benzene rings is 3. The van der Waals surface area contributed by atoms with Crippen LogP contribution in [0.1, 0.15) is 5.56 Å². The molecule has 0 bridgehead atoms. The summed E-state index contributed by atoms with van der Waals surface area (Å²) in [7, 11) is 0. The third-order valence-corrected chi connectivity index (χ3v) is 3.69. The number of phenolic OH excluding ortho intramolecular Hbond substituents is 1. The summed E-state index contributed by atoms with van der Waals surface area (Å²) in [5.74, 6) is 0.543. The van der Waals surface area contributed by atoms with Crippen LogP contribution in [0.2, 0.25) is 0 Å². The Morgan fingerprint density at radius 1 is 0.952 bits per heavy atom. The van der Waals surface area contributed by atoms with Crippen molar-refractivity contribution < 1.29 is 14.2 Å². The van der Waals surface area contributed by atoms with Crippen molar-refractivity contribution in [2.24, 2.45) is 0 Å². The van der Waals surface area contributed by atoms with Crippen molar-refractivity contribution in [2.75, 3.05) is 0 Å². The van der Waals surface area contributed by atoms with Gasteiger partial charge in [0.25, 0.3) is 0 Å². The van der Waals surface area contributed by atoms with Crippen LogP contribution < -0.4 is 4.74 Å². The average Bonchev–Trinajstić information content (AvgIpc) is 2.47. The van der Waals surface area contributed by atoms with Crippen LogP contribution in [0.4, 0.5) is 4.39 Å². The minimum Gasteiger partial charge on any atom is -0.508 e.